The van der Waals surface area contributed by atoms with E-state index in [9.17, 15) is 20.1 Å². The maximum Gasteiger partial charge on any atom is 0.171 e. The van der Waals surface area contributed by atoms with E-state index in [0.29, 0.717) is 11.8 Å². The zero-order valence-corrected chi connectivity index (χ0v) is 15.5. The van der Waals surface area contributed by atoms with Crippen LogP contribution in [-0.4, -0.2) is 38.9 Å². The lowest BCUT2D eigenvalue weighted by Gasteiger charge is -2.58. The van der Waals surface area contributed by atoms with Crippen molar-refractivity contribution < 1.29 is 20.1 Å². The topological polar surface area (TPSA) is 77.8 Å². The number of ketones is 1. The van der Waals surface area contributed by atoms with Crippen LogP contribution in [0.5, 0.6) is 0 Å². The van der Waals surface area contributed by atoms with Gasteiger partial charge in [-0.2, -0.15) is 0 Å². The Kier molecular flexibility index (Phi) is 3.14. The summed E-state index contributed by atoms with van der Waals surface area (Å²) in [7, 11) is 0. The highest BCUT2D eigenvalue weighted by Crippen LogP contribution is 2.72. The third-order valence-electron chi connectivity index (χ3n) is 9.17. The summed E-state index contributed by atoms with van der Waals surface area (Å²) in [6.45, 7) is 10.4. The maximum atomic E-state index is 13.6. The third kappa shape index (κ3) is 1.64. The Labute approximate surface area is 144 Å². The second kappa shape index (κ2) is 4.44. The van der Waals surface area contributed by atoms with Gasteiger partial charge in [-0.15, -0.1) is 0 Å². The van der Waals surface area contributed by atoms with Crippen LogP contribution in [0.15, 0.2) is 0 Å². The molecule has 0 aliphatic heterocycles. The average Bonchev–Trinajstić information content (AvgIpc) is 2.95. The molecule has 0 spiro atoms. The third-order valence-corrected chi connectivity index (χ3v) is 9.17. The standard InChI is InChI=1S/C20H32O4/c1-10-8-20(24)13(14(10)21)15(22)18(4)7-6-11-12(17(11,2)3)9-19(18,5)16(20)23/h10-15,21-22,24H,6-9H2,1-5H3/t10-,11-,12+,13+,14-,15+,18-,19+,20+/m0/s1. The molecule has 4 aliphatic carbocycles. The van der Waals surface area contributed by atoms with Gasteiger partial charge >= 0.3 is 0 Å². The minimum absolute atomic E-state index is 0.125. The normalized spacial score (nSPS) is 61.6. The minimum Gasteiger partial charge on any atom is -0.392 e. The number of aliphatic hydroxyl groups is 3. The first-order valence-corrected chi connectivity index (χ1v) is 9.54. The van der Waals surface area contributed by atoms with E-state index in [4.69, 9.17) is 0 Å². The monoisotopic (exact) mass is 336 g/mol. The van der Waals surface area contributed by atoms with Crippen molar-refractivity contribution in [3.63, 3.8) is 0 Å². The summed E-state index contributed by atoms with van der Waals surface area (Å²) in [4.78, 5) is 13.6. The Morgan fingerprint density at radius 1 is 1.04 bits per heavy atom. The number of fused-ring (bicyclic) bond motifs is 3. The van der Waals surface area contributed by atoms with E-state index in [1.165, 1.54) is 0 Å². The molecule has 24 heavy (non-hydrogen) atoms. The molecule has 4 fully saturated rings. The molecule has 0 unspecified atom stereocenters. The first kappa shape index (κ1) is 17.0. The van der Waals surface area contributed by atoms with Gasteiger partial charge in [-0.05, 0) is 48.9 Å². The van der Waals surface area contributed by atoms with E-state index < -0.39 is 34.6 Å². The summed E-state index contributed by atoms with van der Waals surface area (Å²) in [6.07, 6.45) is 1.16. The highest BCUT2D eigenvalue weighted by Gasteiger charge is 2.75. The summed E-state index contributed by atoms with van der Waals surface area (Å²) in [5, 5.41) is 33.1. The maximum absolute atomic E-state index is 13.6. The van der Waals surface area contributed by atoms with Crippen molar-refractivity contribution in [1.82, 2.24) is 0 Å². The van der Waals surface area contributed by atoms with Crippen LogP contribution in [0.1, 0.15) is 60.3 Å². The molecule has 0 radical (unpaired) electrons. The summed E-state index contributed by atoms with van der Waals surface area (Å²) >= 11 is 0. The second-order valence-electron chi connectivity index (χ2n) is 10.4. The molecule has 4 saturated carbocycles. The molecule has 4 heteroatoms. The van der Waals surface area contributed by atoms with Crippen molar-refractivity contribution in [3.8, 4) is 0 Å². The SMILES string of the molecule is C[C@H]1C[C@]2(O)C(=O)[C@@]3(C)C[C@@H]4[C@H](CC[C@@]3(C)[C@H](O)[C@H]2[C@H]1O)C4(C)C. The molecule has 0 bridgehead atoms. The zero-order valence-electron chi connectivity index (χ0n) is 15.5. The number of carbonyl (C=O) groups excluding carboxylic acids is 1. The lowest BCUT2D eigenvalue weighted by atomic mass is 9.47. The lowest BCUT2D eigenvalue weighted by Crippen LogP contribution is -2.69. The number of hydrogen-bond acceptors (Lipinski definition) is 4. The molecule has 4 rings (SSSR count). The first-order chi connectivity index (χ1) is 10.9. The molecular weight excluding hydrogens is 304 g/mol. The van der Waals surface area contributed by atoms with Crippen molar-refractivity contribution >= 4 is 5.78 Å². The summed E-state index contributed by atoms with van der Waals surface area (Å²) < 4.78 is 0. The van der Waals surface area contributed by atoms with E-state index >= 15 is 0 Å². The van der Waals surface area contributed by atoms with Gasteiger partial charge in [0.05, 0.1) is 12.2 Å². The molecule has 4 aliphatic rings. The fraction of sp³-hybridized carbons (Fsp3) is 0.950. The van der Waals surface area contributed by atoms with Gasteiger partial charge in [0.2, 0.25) is 0 Å². The quantitative estimate of drug-likeness (QED) is 0.633. The fourth-order valence-corrected chi connectivity index (χ4v) is 7.02. The van der Waals surface area contributed by atoms with E-state index in [1.54, 1.807) is 0 Å². The van der Waals surface area contributed by atoms with Gasteiger partial charge in [0, 0.05) is 16.7 Å². The molecule has 9 atom stereocenters. The zero-order chi connectivity index (χ0) is 17.9. The van der Waals surface area contributed by atoms with Crippen molar-refractivity contribution in [3.05, 3.63) is 0 Å². The molecule has 4 nitrogen and oxygen atoms in total. The van der Waals surface area contributed by atoms with Gasteiger partial charge in [0.25, 0.3) is 0 Å². The van der Waals surface area contributed by atoms with Crippen LogP contribution in [0.4, 0.5) is 0 Å². The Morgan fingerprint density at radius 2 is 1.67 bits per heavy atom. The van der Waals surface area contributed by atoms with E-state index in [0.717, 1.165) is 19.3 Å². The highest BCUT2D eigenvalue weighted by atomic mass is 16.3. The molecule has 0 heterocycles. The van der Waals surface area contributed by atoms with E-state index in [1.807, 2.05) is 20.8 Å². The Bertz CT molecular complexity index is 600. The average molecular weight is 336 g/mol. The van der Waals surface area contributed by atoms with Crippen molar-refractivity contribution in [1.29, 1.82) is 0 Å². The van der Waals surface area contributed by atoms with Crippen molar-refractivity contribution in [2.75, 3.05) is 0 Å². The van der Waals surface area contributed by atoms with Crippen LogP contribution in [-0.2, 0) is 4.79 Å². The molecular formula is C20H32O4. The molecule has 0 aromatic carbocycles. The number of rotatable bonds is 0. The Balaban J connectivity index is 1.82. The van der Waals surface area contributed by atoms with Gasteiger partial charge < -0.3 is 15.3 Å². The molecule has 0 amide bonds. The predicted octanol–water partition coefficient (Wildman–Crippen LogP) is 2.15. The van der Waals surface area contributed by atoms with Gasteiger partial charge in [-0.25, -0.2) is 0 Å². The molecule has 3 N–H and O–H groups in total. The van der Waals surface area contributed by atoms with Crippen LogP contribution in [0.2, 0.25) is 0 Å². The number of Topliss-reactive ketones (excluding diaryl/α,β-unsaturated/α-hetero) is 1. The van der Waals surface area contributed by atoms with Crippen LogP contribution < -0.4 is 0 Å². The van der Waals surface area contributed by atoms with Gasteiger partial charge in [0.1, 0.15) is 5.60 Å². The van der Waals surface area contributed by atoms with Crippen LogP contribution in [0.3, 0.4) is 0 Å². The van der Waals surface area contributed by atoms with Crippen LogP contribution >= 0.6 is 0 Å². The van der Waals surface area contributed by atoms with Gasteiger partial charge in [-0.3, -0.25) is 4.79 Å². The Hall–Kier alpha value is -0.450. The largest absolute Gasteiger partial charge is 0.392 e. The number of hydrogen-bond donors (Lipinski definition) is 3. The van der Waals surface area contributed by atoms with E-state index in [2.05, 4.69) is 13.8 Å². The lowest BCUT2D eigenvalue weighted by molar-refractivity contribution is -0.213. The van der Waals surface area contributed by atoms with Gasteiger partial charge in [-0.1, -0.05) is 34.6 Å². The van der Waals surface area contributed by atoms with Crippen molar-refractivity contribution in [2.45, 2.75) is 78.1 Å². The number of carbonyl (C=O) groups is 1. The van der Waals surface area contributed by atoms with Crippen LogP contribution in [0.25, 0.3) is 0 Å². The second-order valence-corrected chi connectivity index (χ2v) is 10.4. The summed E-state index contributed by atoms with van der Waals surface area (Å²) in [5.74, 6) is 0.0535. The van der Waals surface area contributed by atoms with Gasteiger partial charge in [0.15, 0.2) is 5.78 Å². The molecule has 0 saturated heterocycles. The highest BCUT2D eigenvalue weighted by molar-refractivity contribution is 5.95. The van der Waals surface area contributed by atoms with Crippen molar-refractivity contribution in [2.24, 2.45) is 39.9 Å². The predicted molar refractivity (Wildman–Crippen MR) is 90.1 cm³/mol. The Morgan fingerprint density at radius 3 is 2.29 bits per heavy atom. The summed E-state index contributed by atoms with van der Waals surface area (Å²) in [6, 6.07) is 0. The summed E-state index contributed by atoms with van der Waals surface area (Å²) in [5.41, 5.74) is -2.62. The van der Waals surface area contributed by atoms with E-state index in [-0.39, 0.29) is 23.5 Å². The number of aliphatic hydroxyl groups excluding tert-OH is 2. The molecule has 136 valence electrons. The van der Waals surface area contributed by atoms with Crippen LogP contribution in [0, 0.1) is 39.9 Å². The fourth-order valence-electron chi connectivity index (χ4n) is 7.02. The molecule has 0 aromatic rings. The smallest absolute Gasteiger partial charge is 0.171 e. The minimum atomic E-state index is -1.58. The molecule has 0 aromatic heterocycles. The first-order valence-electron chi connectivity index (χ1n) is 9.54.